The van der Waals surface area contributed by atoms with Gasteiger partial charge in [0.15, 0.2) is 6.61 Å². The summed E-state index contributed by atoms with van der Waals surface area (Å²) >= 11 is 0. The number of nitrogens with two attached hydrogens (primary N) is 1. The van der Waals surface area contributed by atoms with E-state index in [4.69, 9.17) is 10.5 Å². The quantitative estimate of drug-likeness (QED) is 0.260. The fraction of sp³-hybridized carbons (Fsp3) is 0.111. The molecule has 188 valence electrons. The van der Waals surface area contributed by atoms with E-state index >= 15 is 0 Å². The third kappa shape index (κ3) is 6.37. The molecule has 9 nitrogen and oxygen atoms in total. The summed E-state index contributed by atoms with van der Waals surface area (Å²) in [5.74, 6) is -3.13. The van der Waals surface area contributed by atoms with Gasteiger partial charge < -0.3 is 26.1 Å². The molecule has 0 radical (unpaired) electrons. The molecule has 0 aliphatic carbocycles. The first-order valence-electron chi connectivity index (χ1n) is 11.3. The van der Waals surface area contributed by atoms with E-state index in [9.17, 15) is 23.6 Å². The highest BCUT2D eigenvalue weighted by atomic mass is 19.1. The number of aromatic amines is 1. The lowest BCUT2D eigenvalue weighted by Crippen LogP contribution is -2.44. The minimum absolute atomic E-state index is 0.0893. The Bertz CT molecular complexity index is 1450. The van der Waals surface area contributed by atoms with Crippen LogP contribution in [0.1, 0.15) is 26.3 Å². The molecule has 0 aliphatic heterocycles. The van der Waals surface area contributed by atoms with Gasteiger partial charge in [-0.2, -0.15) is 0 Å². The zero-order valence-corrected chi connectivity index (χ0v) is 19.5. The second kappa shape index (κ2) is 11.2. The standard InChI is InChI=1S/C27H23FN4O5/c28-19-9-5-17(6-10-19)26(35)32-23(13-18-14-30-22-4-2-1-3-21(18)22)27(36)37-15-24(33)31-20-11-7-16(8-12-20)25(29)34/h1-12,14,23,30H,13,15H2,(H2,29,34)(H,31,33)(H,32,35)/t23-/m0/s1. The molecule has 1 aromatic heterocycles. The van der Waals surface area contributed by atoms with Gasteiger partial charge >= 0.3 is 5.97 Å². The van der Waals surface area contributed by atoms with Crippen molar-refractivity contribution in [1.29, 1.82) is 0 Å². The van der Waals surface area contributed by atoms with Crippen molar-refractivity contribution in [3.05, 3.63) is 102 Å². The number of nitrogens with one attached hydrogen (secondary N) is 3. The van der Waals surface area contributed by atoms with Crippen LogP contribution in [0.5, 0.6) is 0 Å². The molecule has 37 heavy (non-hydrogen) atoms. The van der Waals surface area contributed by atoms with Crippen LogP contribution in [-0.4, -0.2) is 41.3 Å². The van der Waals surface area contributed by atoms with E-state index in [1.54, 1.807) is 6.20 Å². The van der Waals surface area contributed by atoms with Crippen molar-refractivity contribution in [3.8, 4) is 0 Å². The number of anilines is 1. The van der Waals surface area contributed by atoms with Crippen LogP contribution in [0.15, 0.2) is 79.0 Å². The molecule has 3 amide bonds. The van der Waals surface area contributed by atoms with Gasteiger partial charge in [0.1, 0.15) is 11.9 Å². The fourth-order valence-corrected chi connectivity index (χ4v) is 3.71. The highest BCUT2D eigenvalue weighted by Crippen LogP contribution is 2.20. The van der Waals surface area contributed by atoms with E-state index in [2.05, 4.69) is 15.6 Å². The van der Waals surface area contributed by atoms with E-state index in [0.717, 1.165) is 28.6 Å². The van der Waals surface area contributed by atoms with Crippen LogP contribution in [0.25, 0.3) is 10.9 Å². The normalized spacial score (nSPS) is 11.5. The SMILES string of the molecule is NC(=O)c1ccc(NC(=O)COC(=O)[C@H](Cc2c[nH]c3ccccc23)NC(=O)c2ccc(F)cc2)cc1. The number of rotatable bonds is 9. The molecule has 0 fully saturated rings. The molecule has 5 N–H and O–H groups in total. The minimum atomic E-state index is -1.13. The number of fused-ring (bicyclic) bond motifs is 1. The number of aromatic nitrogens is 1. The molecule has 4 aromatic rings. The van der Waals surface area contributed by atoms with Crippen molar-refractivity contribution < 1.29 is 28.3 Å². The second-order valence-electron chi connectivity index (χ2n) is 8.19. The molecule has 0 saturated heterocycles. The van der Waals surface area contributed by atoms with Gasteiger partial charge in [-0.25, -0.2) is 9.18 Å². The molecule has 0 unspecified atom stereocenters. The lowest BCUT2D eigenvalue weighted by molar-refractivity contribution is -0.149. The Balaban J connectivity index is 1.45. The maximum Gasteiger partial charge on any atom is 0.329 e. The smallest absolute Gasteiger partial charge is 0.329 e. The molecule has 0 bridgehead atoms. The number of hydrogen-bond acceptors (Lipinski definition) is 5. The van der Waals surface area contributed by atoms with Crippen LogP contribution in [0.3, 0.4) is 0 Å². The highest BCUT2D eigenvalue weighted by molar-refractivity contribution is 5.98. The molecule has 3 aromatic carbocycles. The number of primary amides is 1. The van der Waals surface area contributed by atoms with Crippen LogP contribution < -0.4 is 16.4 Å². The van der Waals surface area contributed by atoms with Gasteiger partial charge in [0.25, 0.3) is 11.8 Å². The van der Waals surface area contributed by atoms with E-state index in [1.165, 1.54) is 36.4 Å². The first-order valence-corrected chi connectivity index (χ1v) is 11.3. The average molecular weight is 503 g/mol. The van der Waals surface area contributed by atoms with Gasteiger partial charge in [-0.15, -0.1) is 0 Å². The van der Waals surface area contributed by atoms with Crippen LogP contribution in [-0.2, 0) is 20.7 Å². The molecule has 0 spiro atoms. The van der Waals surface area contributed by atoms with E-state index in [0.29, 0.717) is 5.69 Å². The number of para-hydroxylation sites is 1. The number of H-pyrrole nitrogens is 1. The predicted octanol–water partition coefficient (Wildman–Crippen LogP) is 2.93. The summed E-state index contributed by atoms with van der Waals surface area (Å²) in [6, 6.07) is 17.1. The molecule has 0 saturated carbocycles. The number of esters is 1. The number of carbonyl (C=O) groups excluding carboxylic acids is 4. The van der Waals surface area contributed by atoms with Crippen molar-refractivity contribution in [3.63, 3.8) is 0 Å². The zero-order valence-electron chi connectivity index (χ0n) is 19.5. The Morgan fingerprint density at radius 3 is 2.30 bits per heavy atom. The Hall–Kier alpha value is -4.99. The largest absolute Gasteiger partial charge is 0.454 e. The number of halogens is 1. The lowest BCUT2D eigenvalue weighted by Gasteiger charge is -2.18. The highest BCUT2D eigenvalue weighted by Gasteiger charge is 2.25. The van der Waals surface area contributed by atoms with Crippen molar-refractivity contribution in [2.24, 2.45) is 5.73 Å². The maximum atomic E-state index is 13.3. The molecular weight excluding hydrogens is 479 g/mol. The molecule has 0 aliphatic rings. The van der Waals surface area contributed by atoms with Gasteiger partial charge in [0, 0.05) is 40.3 Å². The molecule has 4 rings (SSSR count). The maximum absolute atomic E-state index is 13.3. The Morgan fingerprint density at radius 1 is 0.919 bits per heavy atom. The van der Waals surface area contributed by atoms with E-state index in [1.807, 2.05) is 24.3 Å². The fourth-order valence-electron chi connectivity index (χ4n) is 3.71. The Morgan fingerprint density at radius 2 is 1.59 bits per heavy atom. The predicted molar refractivity (Wildman–Crippen MR) is 134 cm³/mol. The first-order chi connectivity index (χ1) is 17.8. The van der Waals surface area contributed by atoms with E-state index < -0.39 is 42.2 Å². The summed E-state index contributed by atoms with van der Waals surface area (Å²) in [6.45, 7) is -0.604. The molecule has 1 atom stereocenters. The monoisotopic (exact) mass is 502 g/mol. The number of hydrogen-bond donors (Lipinski definition) is 4. The number of benzene rings is 3. The summed E-state index contributed by atoms with van der Waals surface area (Å²) in [5, 5.41) is 6.04. The number of carbonyl (C=O) groups is 4. The van der Waals surface area contributed by atoms with Gasteiger partial charge in [0.05, 0.1) is 0 Å². The van der Waals surface area contributed by atoms with Crippen LogP contribution >= 0.6 is 0 Å². The van der Waals surface area contributed by atoms with E-state index in [-0.39, 0.29) is 17.5 Å². The zero-order chi connectivity index (χ0) is 26.4. The van der Waals surface area contributed by atoms with Gasteiger partial charge in [-0.3, -0.25) is 14.4 Å². The topological polar surface area (TPSA) is 143 Å². The minimum Gasteiger partial charge on any atom is -0.454 e. The van der Waals surface area contributed by atoms with Crippen molar-refractivity contribution in [1.82, 2.24) is 10.3 Å². The molecule has 1 heterocycles. The van der Waals surface area contributed by atoms with Crippen molar-refractivity contribution >= 4 is 40.3 Å². The van der Waals surface area contributed by atoms with Gasteiger partial charge in [-0.05, 0) is 60.2 Å². The molecule has 10 heteroatoms. The summed E-state index contributed by atoms with van der Waals surface area (Å²) in [5.41, 5.74) is 7.64. The molecular formula is C27H23FN4O5. The lowest BCUT2D eigenvalue weighted by atomic mass is 10.0. The van der Waals surface area contributed by atoms with Crippen LogP contribution in [0.2, 0.25) is 0 Å². The Labute approximate surface area is 210 Å². The van der Waals surface area contributed by atoms with Gasteiger partial charge in [0.2, 0.25) is 5.91 Å². The van der Waals surface area contributed by atoms with Crippen LogP contribution in [0.4, 0.5) is 10.1 Å². The summed E-state index contributed by atoms with van der Waals surface area (Å²) in [7, 11) is 0. The van der Waals surface area contributed by atoms with Crippen molar-refractivity contribution in [2.75, 3.05) is 11.9 Å². The summed E-state index contributed by atoms with van der Waals surface area (Å²) in [6.07, 6.45) is 1.82. The first kappa shape index (κ1) is 25.1. The third-order valence-corrected chi connectivity index (χ3v) is 5.59. The number of ether oxygens (including phenoxy) is 1. The third-order valence-electron chi connectivity index (χ3n) is 5.59. The average Bonchev–Trinajstić information content (AvgIpc) is 3.30. The summed E-state index contributed by atoms with van der Waals surface area (Å²) in [4.78, 5) is 52.3. The van der Waals surface area contributed by atoms with Crippen LogP contribution in [0, 0.1) is 5.82 Å². The summed E-state index contributed by atoms with van der Waals surface area (Å²) < 4.78 is 18.5. The number of amides is 3. The Kier molecular flexibility index (Phi) is 7.58. The second-order valence-corrected chi connectivity index (χ2v) is 8.19. The van der Waals surface area contributed by atoms with Gasteiger partial charge in [-0.1, -0.05) is 18.2 Å². The van der Waals surface area contributed by atoms with Crippen molar-refractivity contribution in [2.45, 2.75) is 12.5 Å².